The molecule has 0 fully saturated rings. The number of carbonyl (C=O) groups is 1. The Hall–Kier alpha value is -2.87. The van der Waals surface area contributed by atoms with E-state index >= 15 is 0 Å². The molecule has 0 saturated carbocycles. The standard InChI is InChI=1S/C26H29NO/c1-20(19-21-13-7-5-8-14-21)25(28)27(22-15-9-6-10-16-22)24-18-12-11-17-23(24)26(2,3)4/h5-18,20H,19H2,1-4H3/t20-/m1/s1. The van der Waals surface area contributed by atoms with Gasteiger partial charge in [0.2, 0.25) is 5.91 Å². The molecular weight excluding hydrogens is 342 g/mol. The Balaban J connectivity index is 2.03. The number of para-hydroxylation sites is 2. The third-order valence-corrected chi connectivity index (χ3v) is 4.99. The van der Waals surface area contributed by atoms with Gasteiger partial charge in [0.25, 0.3) is 0 Å². The molecule has 0 aliphatic rings. The summed E-state index contributed by atoms with van der Waals surface area (Å²) < 4.78 is 0. The number of hydrogen-bond acceptors (Lipinski definition) is 1. The molecule has 0 saturated heterocycles. The van der Waals surface area contributed by atoms with Gasteiger partial charge < -0.3 is 0 Å². The minimum atomic E-state index is -0.129. The summed E-state index contributed by atoms with van der Waals surface area (Å²) in [6.07, 6.45) is 0.723. The van der Waals surface area contributed by atoms with Gasteiger partial charge >= 0.3 is 0 Å². The molecule has 0 unspecified atom stereocenters. The summed E-state index contributed by atoms with van der Waals surface area (Å²) in [6, 6.07) is 28.4. The largest absolute Gasteiger partial charge is 0.281 e. The maximum absolute atomic E-state index is 13.7. The average molecular weight is 372 g/mol. The number of amides is 1. The summed E-state index contributed by atoms with van der Waals surface area (Å²) in [7, 11) is 0. The van der Waals surface area contributed by atoms with E-state index in [1.54, 1.807) is 0 Å². The summed E-state index contributed by atoms with van der Waals surface area (Å²) in [5.74, 6) is -0.0117. The second-order valence-corrected chi connectivity index (χ2v) is 8.37. The first kappa shape index (κ1) is 19.9. The quantitative estimate of drug-likeness (QED) is 0.499. The number of rotatable bonds is 5. The predicted octanol–water partition coefficient (Wildman–Crippen LogP) is 6.53. The average Bonchev–Trinajstić information content (AvgIpc) is 2.69. The summed E-state index contributed by atoms with van der Waals surface area (Å²) in [5, 5.41) is 0. The summed E-state index contributed by atoms with van der Waals surface area (Å²) in [5.41, 5.74) is 4.15. The van der Waals surface area contributed by atoms with Crippen molar-refractivity contribution in [2.45, 2.75) is 39.5 Å². The fourth-order valence-corrected chi connectivity index (χ4v) is 3.54. The summed E-state index contributed by atoms with van der Waals surface area (Å²) in [4.78, 5) is 15.6. The number of hydrogen-bond donors (Lipinski definition) is 0. The van der Waals surface area contributed by atoms with Gasteiger partial charge in [-0.2, -0.15) is 0 Å². The van der Waals surface area contributed by atoms with Crippen molar-refractivity contribution in [2.24, 2.45) is 5.92 Å². The molecule has 0 aromatic heterocycles. The van der Waals surface area contributed by atoms with Crippen molar-refractivity contribution in [1.29, 1.82) is 0 Å². The van der Waals surface area contributed by atoms with Crippen molar-refractivity contribution in [3.63, 3.8) is 0 Å². The highest BCUT2D eigenvalue weighted by Crippen LogP contribution is 2.36. The van der Waals surface area contributed by atoms with E-state index in [-0.39, 0.29) is 17.2 Å². The third-order valence-electron chi connectivity index (χ3n) is 4.99. The van der Waals surface area contributed by atoms with Crippen LogP contribution in [0.1, 0.15) is 38.8 Å². The maximum atomic E-state index is 13.7. The highest BCUT2D eigenvalue weighted by Gasteiger charge is 2.28. The first-order chi connectivity index (χ1) is 13.4. The lowest BCUT2D eigenvalue weighted by Crippen LogP contribution is -2.34. The van der Waals surface area contributed by atoms with Crippen LogP contribution in [0.5, 0.6) is 0 Å². The van der Waals surface area contributed by atoms with Gasteiger partial charge in [-0.15, -0.1) is 0 Å². The minimum Gasteiger partial charge on any atom is -0.281 e. The third kappa shape index (κ3) is 4.51. The van der Waals surface area contributed by atoms with Crippen LogP contribution >= 0.6 is 0 Å². The molecule has 0 aliphatic heterocycles. The zero-order valence-electron chi connectivity index (χ0n) is 17.2. The van der Waals surface area contributed by atoms with E-state index in [1.807, 2.05) is 72.5 Å². The van der Waals surface area contributed by atoms with Crippen molar-refractivity contribution >= 4 is 17.3 Å². The Morgan fingerprint density at radius 3 is 1.96 bits per heavy atom. The van der Waals surface area contributed by atoms with Crippen LogP contribution in [-0.2, 0) is 16.6 Å². The van der Waals surface area contributed by atoms with Gasteiger partial charge in [0.1, 0.15) is 0 Å². The van der Waals surface area contributed by atoms with E-state index in [4.69, 9.17) is 0 Å². The molecule has 2 heteroatoms. The van der Waals surface area contributed by atoms with Crippen molar-refractivity contribution in [2.75, 3.05) is 4.90 Å². The van der Waals surface area contributed by atoms with Crippen LogP contribution in [0.15, 0.2) is 84.9 Å². The Labute approximate surface area is 168 Å². The zero-order chi connectivity index (χ0) is 20.1. The van der Waals surface area contributed by atoms with Gasteiger partial charge in [-0.1, -0.05) is 94.4 Å². The molecular formula is C26H29NO. The fourth-order valence-electron chi connectivity index (χ4n) is 3.54. The van der Waals surface area contributed by atoms with Crippen LogP contribution in [0.25, 0.3) is 0 Å². The highest BCUT2D eigenvalue weighted by molar-refractivity contribution is 6.02. The van der Waals surface area contributed by atoms with Crippen LogP contribution in [0.4, 0.5) is 11.4 Å². The maximum Gasteiger partial charge on any atom is 0.234 e. The molecule has 0 radical (unpaired) electrons. The Kier molecular flexibility index (Phi) is 5.99. The van der Waals surface area contributed by atoms with Crippen LogP contribution in [0.2, 0.25) is 0 Å². The summed E-state index contributed by atoms with van der Waals surface area (Å²) >= 11 is 0. The lowest BCUT2D eigenvalue weighted by Gasteiger charge is -2.32. The molecule has 0 bridgehead atoms. The lowest BCUT2D eigenvalue weighted by molar-refractivity contribution is -0.121. The van der Waals surface area contributed by atoms with Gasteiger partial charge in [0.05, 0.1) is 5.69 Å². The predicted molar refractivity (Wildman–Crippen MR) is 118 cm³/mol. The molecule has 1 atom stereocenters. The fraction of sp³-hybridized carbons (Fsp3) is 0.269. The van der Waals surface area contributed by atoms with Crippen molar-refractivity contribution in [3.8, 4) is 0 Å². The van der Waals surface area contributed by atoms with E-state index in [1.165, 1.54) is 11.1 Å². The van der Waals surface area contributed by atoms with Crippen LogP contribution in [-0.4, -0.2) is 5.91 Å². The van der Waals surface area contributed by atoms with Gasteiger partial charge in [0, 0.05) is 11.6 Å². The van der Waals surface area contributed by atoms with Gasteiger partial charge in [-0.05, 0) is 41.2 Å². The van der Waals surface area contributed by atoms with E-state index in [2.05, 4.69) is 45.0 Å². The molecule has 3 rings (SSSR count). The smallest absolute Gasteiger partial charge is 0.234 e. The molecule has 2 nitrogen and oxygen atoms in total. The summed E-state index contributed by atoms with van der Waals surface area (Å²) in [6.45, 7) is 8.58. The first-order valence-corrected chi connectivity index (χ1v) is 9.90. The minimum absolute atomic E-state index is 0.0629. The second kappa shape index (κ2) is 8.43. The monoisotopic (exact) mass is 371 g/mol. The lowest BCUT2D eigenvalue weighted by atomic mass is 9.85. The van der Waals surface area contributed by atoms with E-state index in [0.29, 0.717) is 0 Å². The molecule has 0 N–H and O–H groups in total. The second-order valence-electron chi connectivity index (χ2n) is 8.37. The Bertz CT molecular complexity index is 910. The Morgan fingerprint density at radius 1 is 0.821 bits per heavy atom. The van der Waals surface area contributed by atoms with Crippen molar-refractivity contribution < 1.29 is 4.79 Å². The van der Waals surface area contributed by atoms with Crippen LogP contribution in [0, 0.1) is 5.92 Å². The topological polar surface area (TPSA) is 20.3 Å². The normalized spacial score (nSPS) is 12.4. The number of anilines is 2. The van der Waals surface area contributed by atoms with E-state index in [0.717, 1.165) is 17.8 Å². The zero-order valence-corrected chi connectivity index (χ0v) is 17.2. The highest BCUT2D eigenvalue weighted by atomic mass is 16.2. The molecule has 0 aliphatic carbocycles. The molecule has 1 amide bonds. The molecule has 0 spiro atoms. The molecule has 28 heavy (non-hydrogen) atoms. The van der Waals surface area contributed by atoms with Crippen LogP contribution in [0.3, 0.4) is 0 Å². The van der Waals surface area contributed by atoms with Crippen LogP contribution < -0.4 is 4.90 Å². The molecule has 144 valence electrons. The van der Waals surface area contributed by atoms with Gasteiger partial charge in [-0.25, -0.2) is 0 Å². The molecule has 3 aromatic carbocycles. The van der Waals surface area contributed by atoms with Crippen molar-refractivity contribution in [1.82, 2.24) is 0 Å². The van der Waals surface area contributed by atoms with Crippen molar-refractivity contribution in [3.05, 3.63) is 96.1 Å². The Morgan fingerprint density at radius 2 is 1.36 bits per heavy atom. The number of carbonyl (C=O) groups excluding carboxylic acids is 1. The van der Waals surface area contributed by atoms with Gasteiger partial charge in [-0.3, -0.25) is 9.69 Å². The van der Waals surface area contributed by atoms with E-state index in [9.17, 15) is 4.79 Å². The van der Waals surface area contributed by atoms with E-state index < -0.39 is 0 Å². The SMILES string of the molecule is C[C@H](Cc1ccccc1)C(=O)N(c1ccccc1)c1ccccc1C(C)(C)C. The first-order valence-electron chi connectivity index (χ1n) is 9.90. The van der Waals surface area contributed by atoms with Gasteiger partial charge in [0.15, 0.2) is 0 Å². The molecule has 3 aromatic rings. The number of benzene rings is 3. The number of nitrogens with zero attached hydrogens (tertiary/aromatic N) is 1. The molecule has 0 heterocycles.